The van der Waals surface area contributed by atoms with Gasteiger partial charge in [0, 0.05) is 11.6 Å². The van der Waals surface area contributed by atoms with Crippen LogP contribution in [0.2, 0.25) is 0 Å². The molecule has 1 aromatic heterocycles. The van der Waals surface area contributed by atoms with Gasteiger partial charge in [0.25, 0.3) is 0 Å². The third-order valence-electron chi connectivity index (χ3n) is 4.03. The van der Waals surface area contributed by atoms with Gasteiger partial charge in [-0.25, -0.2) is 0 Å². The Morgan fingerprint density at radius 3 is 2.65 bits per heavy atom. The van der Waals surface area contributed by atoms with Crippen molar-refractivity contribution in [3.63, 3.8) is 0 Å². The number of aromatic nitrogens is 1. The summed E-state index contributed by atoms with van der Waals surface area (Å²) in [7, 11) is 0. The Kier molecular flexibility index (Phi) is 3.21. The lowest BCUT2D eigenvalue weighted by Gasteiger charge is -2.18. The molecular formula is C19H21N. The Bertz CT molecular complexity index is 735. The van der Waals surface area contributed by atoms with E-state index in [1.807, 2.05) is 6.20 Å². The molecule has 0 saturated heterocycles. The third-order valence-corrected chi connectivity index (χ3v) is 4.03. The van der Waals surface area contributed by atoms with Crippen molar-refractivity contribution in [2.75, 3.05) is 0 Å². The van der Waals surface area contributed by atoms with Gasteiger partial charge in [0.1, 0.15) is 0 Å². The second-order valence-corrected chi connectivity index (χ2v) is 6.13. The summed E-state index contributed by atoms with van der Waals surface area (Å²) in [6, 6.07) is 6.65. The second-order valence-electron chi connectivity index (χ2n) is 6.13. The van der Waals surface area contributed by atoms with E-state index < -0.39 is 0 Å². The van der Waals surface area contributed by atoms with Gasteiger partial charge >= 0.3 is 0 Å². The lowest BCUT2D eigenvalue weighted by molar-refractivity contribution is 0.710. The van der Waals surface area contributed by atoms with Crippen LogP contribution in [0.25, 0.3) is 16.3 Å². The predicted octanol–water partition coefficient (Wildman–Crippen LogP) is 5.22. The quantitative estimate of drug-likeness (QED) is 0.687. The highest BCUT2D eigenvalue weighted by Crippen LogP contribution is 2.32. The van der Waals surface area contributed by atoms with Gasteiger partial charge in [-0.1, -0.05) is 42.3 Å². The average Bonchev–Trinajstić information content (AvgIpc) is 2.37. The molecular weight excluding hydrogens is 242 g/mol. The number of rotatable bonds is 1. The van der Waals surface area contributed by atoms with Crippen molar-refractivity contribution in [3.8, 4) is 0 Å². The lowest BCUT2D eigenvalue weighted by Crippen LogP contribution is -2.01. The minimum atomic E-state index is 0.595. The van der Waals surface area contributed by atoms with Crippen LogP contribution in [0, 0.1) is 19.8 Å². The summed E-state index contributed by atoms with van der Waals surface area (Å²) in [6.45, 7) is 8.77. The molecule has 0 aliphatic heterocycles. The number of aryl methyl sites for hydroxylation is 2. The minimum absolute atomic E-state index is 0.595. The molecule has 1 nitrogen and oxygen atoms in total. The Hall–Kier alpha value is -1.89. The van der Waals surface area contributed by atoms with E-state index in [1.54, 1.807) is 0 Å². The highest BCUT2D eigenvalue weighted by atomic mass is 14.7. The molecule has 0 amide bonds. The van der Waals surface area contributed by atoms with Crippen LogP contribution >= 0.6 is 0 Å². The Morgan fingerprint density at radius 1 is 1.10 bits per heavy atom. The van der Waals surface area contributed by atoms with Crippen molar-refractivity contribution >= 4 is 16.3 Å². The summed E-state index contributed by atoms with van der Waals surface area (Å²) in [5, 5.41) is 2.58. The molecule has 1 heteroatoms. The van der Waals surface area contributed by atoms with E-state index in [2.05, 4.69) is 58.0 Å². The monoisotopic (exact) mass is 263 g/mol. The molecule has 1 aromatic carbocycles. The van der Waals surface area contributed by atoms with Gasteiger partial charge in [-0.15, -0.1) is 0 Å². The van der Waals surface area contributed by atoms with Crippen molar-refractivity contribution in [1.82, 2.24) is 4.98 Å². The predicted molar refractivity (Wildman–Crippen MR) is 86.7 cm³/mol. The van der Waals surface area contributed by atoms with Crippen LogP contribution in [0.5, 0.6) is 0 Å². The van der Waals surface area contributed by atoms with E-state index in [0.717, 1.165) is 12.1 Å². The SMILES string of the molecule is CC1=CC(c2ncc(C)c3ccc(C)cc23)=CC(C)C1. The fourth-order valence-electron chi connectivity index (χ4n) is 3.12. The van der Waals surface area contributed by atoms with Gasteiger partial charge < -0.3 is 0 Å². The first-order valence-electron chi connectivity index (χ1n) is 7.30. The Balaban J connectivity index is 2.27. The van der Waals surface area contributed by atoms with E-state index in [0.29, 0.717) is 5.92 Å². The van der Waals surface area contributed by atoms with Crippen molar-refractivity contribution in [3.05, 3.63) is 58.9 Å². The van der Waals surface area contributed by atoms with Crippen molar-refractivity contribution in [2.45, 2.75) is 34.1 Å². The molecule has 0 fully saturated rings. The summed E-state index contributed by atoms with van der Waals surface area (Å²) < 4.78 is 0. The molecule has 0 saturated carbocycles. The molecule has 1 aliphatic rings. The van der Waals surface area contributed by atoms with Crippen LogP contribution in [0.3, 0.4) is 0 Å². The molecule has 3 rings (SSSR count). The van der Waals surface area contributed by atoms with Crippen LogP contribution in [0.15, 0.2) is 42.1 Å². The number of fused-ring (bicyclic) bond motifs is 1. The summed E-state index contributed by atoms with van der Waals surface area (Å²) in [5.74, 6) is 0.595. The van der Waals surface area contributed by atoms with Crippen LogP contribution in [-0.2, 0) is 0 Å². The maximum atomic E-state index is 4.73. The second kappa shape index (κ2) is 4.90. The first-order chi connectivity index (χ1) is 9.54. The number of allylic oxidation sites excluding steroid dienone is 4. The first-order valence-corrected chi connectivity index (χ1v) is 7.30. The molecule has 1 atom stereocenters. The zero-order valence-corrected chi connectivity index (χ0v) is 12.7. The van der Waals surface area contributed by atoms with E-state index in [4.69, 9.17) is 4.98 Å². The molecule has 102 valence electrons. The van der Waals surface area contributed by atoms with Crippen LogP contribution in [0.4, 0.5) is 0 Å². The van der Waals surface area contributed by atoms with Gasteiger partial charge in [0.05, 0.1) is 5.69 Å². The highest BCUT2D eigenvalue weighted by Gasteiger charge is 2.14. The van der Waals surface area contributed by atoms with Crippen molar-refractivity contribution < 1.29 is 0 Å². The zero-order chi connectivity index (χ0) is 14.3. The lowest BCUT2D eigenvalue weighted by atomic mass is 9.89. The Labute approximate surface area is 121 Å². The largest absolute Gasteiger partial charge is 0.255 e. The number of nitrogens with zero attached hydrogens (tertiary/aromatic N) is 1. The van der Waals surface area contributed by atoms with Crippen LogP contribution in [0.1, 0.15) is 37.1 Å². The minimum Gasteiger partial charge on any atom is -0.255 e. The topological polar surface area (TPSA) is 12.9 Å². The Morgan fingerprint density at radius 2 is 1.90 bits per heavy atom. The molecule has 0 spiro atoms. The third kappa shape index (κ3) is 2.29. The van der Waals surface area contributed by atoms with Crippen molar-refractivity contribution in [1.29, 1.82) is 0 Å². The molecule has 0 radical (unpaired) electrons. The molecule has 2 aromatic rings. The summed E-state index contributed by atoms with van der Waals surface area (Å²) >= 11 is 0. The van der Waals surface area contributed by atoms with Gasteiger partial charge in [0.2, 0.25) is 0 Å². The number of hydrogen-bond donors (Lipinski definition) is 0. The van der Waals surface area contributed by atoms with E-state index in [-0.39, 0.29) is 0 Å². The van der Waals surface area contributed by atoms with Gasteiger partial charge in [-0.05, 0) is 55.7 Å². The maximum absolute atomic E-state index is 4.73. The summed E-state index contributed by atoms with van der Waals surface area (Å²) in [4.78, 5) is 4.73. The fraction of sp³-hybridized carbons (Fsp3) is 0.316. The normalized spacial score (nSPS) is 18.9. The number of benzene rings is 1. The average molecular weight is 263 g/mol. The molecule has 1 unspecified atom stereocenters. The highest BCUT2D eigenvalue weighted by molar-refractivity contribution is 5.96. The molecule has 20 heavy (non-hydrogen) atoms. The summed E-state index contributed by atoms with van der Waals surface area (Å²) in [5.41, 5.74) is 6.38. The van der Waals surface area contributed by atoms with Crippen molar-refractivity contribution in [2.24, 2.45) is 5.92 Å². The van der Waals surface area contributed by atoms with Gasteiger partial charge in [-0.3, -0.25) is 4.98 Å². The van der Waals surface area contributed by atoms with Gasteiger partial charge in [0.15, 0.2) is 0 Å². The maximum Gasteiger partial charge on any atom is 0.0777 e. The smallest absolute Gasteiger partial charge is 0.0777 e. The fourth-order valence-corrected chi connectivity index (χ4v) is 3.12. The summed E-state index contributed by atoms with van der Waals surface area (Å²) in [6.07, 6.45) is 7.80. The first kappa shape index (κ1) is 13.1. The molecule has 1 heterocycles. The molecule has 0 bridgehead atoms. The molecule has 0 N–H and O–H groups in total. The van der Waals surface area contributed by atoms with Crippen LogP contribution < -0.4 is 0 Å². The van der Waals surface area contributed by atoms with Gasteiger partial charge in [-0.2, -0.15) is 0 Å². The molecule has 1 aliphatic carbocycles. The van der Waals surface area contributed by atoms with Crippen LogP contribution in [-0.4, -0.2) is 4.98 Å². The standard InChI is InChI=1S/C19H21N/c1-12-5-6-17-15(4)11-20-19(18(17)10-12)16-8-13(2)7-14(3)9-16/h5-6,8-11,13H,7H2,1-4H3. The van der Waals surface area contributed by atoms with E-state index in [1.165, 1.54) is 33.0 Å². The number of hydrogen-bond acceptors (Lipinski definition) is 1. The van der Waals surface area contributed by atoms with E-state index >= 15 is 0 Å². The number of pyridine rings is 1. The zero-order valence-electron chi connectivity index (χ0n) is 12.7. The van der Waals surface area contributed by atoms with E-state index in [9.17, 15) is 0 Å².